The normalized spacial score (nSPS) is 21.5. The Balaban J connectivity index is 1.88. The van der Waals surface area contributed by atoms with Gasteiger partial charge >= 0.3 is 0 Å². The Morgan fingerprint density at radius 1 is 1.44 bits per heavy atom. The van der Waals surface area contributed by atoms with E-state index in [1.807, 2.05) is 0 Å². The topological polar surface area (TPSA) is 52.4 Å². The first-order valence-electron chi connectivity index (χ1n) is 4.74. The van der Waals surface area contributed by atoms with Crippen LogP contribution < -0.4 is 4.74 Å². The van der Waals surface area contributed by atoms with Crippen LogP contribution in [-0.4, -0.2) is 15.9 Å². The SMILES string of the molecule is O=[N+]([O-])c1ccc(OCC2CC2(Cl)Cl)cc1. The lowest BCUT2D eigenvalue weighted by Crippen LogP contribution is -2.04. The predicted molar refractivity (Wildman–Crippen MR) is 61.1 cm³/mol. The summed E-state index contributed by atoms with van der Waals surface area (Å²) in [5.41, 5.74) is 0.0443. The third-order valence-corrected chi connectivity index (χ3v) is 3.38. The van der Waals surface area contributed by atoms with E-state index < -0.39 is 9.26 Å². The molecule has 86 valence electrons. The van der Waals surface area contributed by atoms with Gasteiger partial charge in [0.25, 0.3) is 5.69 Å². The van der Waals surface area contributed by atoms with Crippen LogP contribution in [0, 0.1) is 16.0 Å². The maximum absolute atomic E-state index is 10.4. The largest absolute Gasteiger partial charge is 0.493 e. The van der Waals surface area contributed by atoms with E-state index in [4.69, 9.17) is 27.9 Å². The molecule has 1 fully saturated rings. The number of alkyl halides is 2. The molecule has 1 aromatic rings. The van der Waals surface area contributed by atoms with Gasteiger partial charge in [-0.05, 0) is 18.6 Å². The Morgan fingerprint density at radius 3 is 2.44 bits per heavy atom. The van der Waals surface area contributed by atoms with E-state index in [2.05, 4.69) is 0 Å². The van der Waals surface area contributed by atoms with Crippen molar-refractivity contribution in [1.29, 1.82) is 0 Å². The molecule has 1 aromatic carbocycles. The first-order valence-corrected chi connectivity index (χ1v) is 5.50. The quantitative estimate of drug-likeness (QED) is 0.475. The van der Waals surface area contributed by atoms with Gasteiger partial charge < -0.3 is 4.74 Å². The van der Waals surface area contributed by atoms with Crippen molar-refractivity contribution in [3.05, 3.63) is 34.4 Å². The van der Waals surface area contributed by atoms with E-state index in [9.17, 15) is 10.1 Å². The number of halogens is 2. The van der Waals surface area contributed by atoms with Crippen molar-refractivity contribution in [2.75, 3.05) is 6.61 Å². The van der Waals surface area contributed by atoms with Crippen molar-refractivity contribution >= 4 is 28.9 Å². The van der Waals surface area contributed by atoms with Gasteiger partial charge in [-0.25, -0.2) is 0 Å². The second kappa shape index (κ2) is 4.11. The highest BCUT2D eigenvalue weighted by Gasteiger charge is 2.52. The number of hydrogen-bond donors (Lipinski definition) is 0. The fraction of sp³-hybridized carbons (Fsp3) is 0.400. The molecule has 6 heteroatoms. The average Bonchev–Trinajstić information content (AvgIpc) is 2.84. The summed E-state index contributed by atoms with van der Waals surface area (Å²) in [6.07, 6.45) is 0.725. The zero-order chi connectivity index (χ0) is 11.8. The predicted octanol–water partition coefficient (Wildman–Crippen LogP) is 3.17. The van der Waals surface area contributed by atoms with E-state index in [-0.39, 0.29) is 11.6 Å². The van der Waals surface area contributed by atoms with E-state index in [1.54, 1.807) is 12.1 Å². The number of nitro groups is 1. The van der Waals surface area contributed by atoms with Crippen molar-refractivity contribution in [1.82, 2.24) is 0 Å². The van der Waals surface area contributed by atoms with Gasteiger partial charge in [-0.15, -0.1) is 23.2 Å². The second-order valence-electron chi connectivity index (χ2n) is 3.72. The minimum atomic E-state index is -0.652. The van der Waals surface area contributed by atoms with Crippen LogP contribution >= 0.6 is 23.2 Å². The van der Waals surface area contributed by atoms with Crippen molar-refractivity contribution in [3.8, 4) is 5.75 Å². The standard InChI is InChI=1S/C10H9Cl2NO3/c11-10(12)5-7(10)6-16-9-3-1-8(2-4-9)13(14)15/h1-4,7H,5-6H2. The average molecular weight is 262 g/mol. The highest BCUT2D eigenvalue weighted by atomic mass is 35.5. The van der Waals surface area contributed by atoms with Crippen molar-refractivity contribution in [3.63, 3.8) is 0 Å². The molecule has 0 bridgehead atoms. The fourth-order valence-corrected chi connectivity index (χ4v) is 1.81. The third-order valence-electron chi connectivity index (χ3n) is 2.45. The molecular formula is C10H9Cl2NO3. The van der Waals surface area contributed by atoms with E-state index in [0.29, 0.717) is 12.4 Å². The van der Waals surface area contributed by atoms with Gasteiger partial charge in [0.05, 0.1) is 11.5 Å². The number of hydrogen-bond acceptors (Lipinski definition) is 3. The molecule has 16 heavy (non-hydrogen) atoms. The van der Waals surface area contributed by atoms with Crippen LogP contribution in [0.4, 0.5) is 5.69 Å². The number of nitrogens with zero attached hydrogens (tertiary/aromatic N) is 1. The molecule has 0 aromatic heterocycles. The summed E-state index contributed by atoms with van der Waals surface area (Å²) in [5, 5.41) is 10.4. The number of ether oxygens (including phenoxy) is 1. The van der Waals surface area contributed by atoms with E-state index in [0.717, 1.165) is 6.42 Å². The molecule has 2 rings (SSSR count). The van der Waals surface area contributed by atoms with Gasteiger partial charge in [0.15, 0.2) is 0 Å². The molecule has 1 aliphatic carbocycles. The van der Waals surface area contributed by atoms with Crippen molar-refractivity contribution in [2.45, 2.75) is 10.8 Å². The summed E-state index contributed by atoms with van der Waals surface area (Å²) in [6.45, 7) is 0.435. The molecule has 0 saturated heterocycles. The minimum Gasteiger partial charge on any atom is -0.493 e. The van der Waals surface area contributed by atoms with E-state index in [1.165, 1.54) is 12.1 Å². The number of rotatable bonds is 4. The van der Waals surface area contributed by atoms with Crippen LogP contribution in [-0.2, 0) is 0 Å². The lowest BCUT2D eigenvalue weighted by atomic mass is 10.3. The van der Waals surface area contributed by atoms with Crippen LogP contribution in [0.15, 0.2) is 24.3 Å². The molecule has 1 aliphatic rings. The monoisotopic (exact) mass is 261 g/mol. The number of non-ortho nitro benzene ring substituents is 1. The zero-order valence-electron chi connectivity index (χ0n) is 8.23. The fourth-order valence-electron chi connectivity index (χ4n) is 1.31. The highest BCUT2D eigenvalue weighted by molar-refractivity contribution is 6.50. The zero-order valence-corrected chi connectivity index (χ0v) is 9.74. The third kappa shape index (κ3) is 2.57. The smallest absolute Gasteiger partial charge is 0.269 e. The molecule has 0 heterocycles. The van der Waals surface area contributed by atoms with Crippen LogP contribution in [0.5, 0.6) is 5.75 Å². The van der Waals surface area contributed by atoms with Crippen LogP contribution in [0.1, 0.15) is 6.42 Å². The number of nitro benzene ring substituents is 1. The summed E-state index contributed by atoms with van der Waals surface area (Å²) < 4.78 is 4.76. The maximum Gasteiger partial charge on any atom is 0.269 e. The molecule has 4 nitrogen and oxygen atoms in total. The Hall–Kier alpha value is -1.00. The molecule has 0 aliphatic heterocycles. The molecule has 0 spiro atoms. The lowest BCUT2D eigenvalue weighted by molar-refractivity contribution is -0.384. The van der Waals surface area contributed by atoms with Crippen LogP contribution in [0.2, 0.25) is 0 Å². The summed E-state index contributed by atoms with van der Waals surface area (Å²) in [4.78, 5) is 9.95. The summed E-state index contributed by atoms with van der Waals surface area (Å²) in [5.74, 6) is 0.729. The van der Waals surface area contributed by atoms with Gasteiger partial charge in [0.1, 0.15) is 10.1 Å². The van der Waals surface area contributed by atoms with Gasteiger partial charge in [-0.3, -0.25) is 10.1 Å². The van der Waals surface area contributed by atoms with Crippen molar-refractivity contribution < 1.29 is 9.66 Å². The Morgan fingerprint density at radius 2 is 2.00 bits per heavy atom. The number of benzene rings is 1. The molecule has 1 unspecified atom stereocenters. The Bertz CT molecular complexity index is 405. The summed E-state index contributed by atoms with van der Waals surface area (Å²) in [6, 6.07) is 5.92. The van der Waals surface area contributed by atoms with Gasteiger partial charge in [-0.2, -0.15) is 0 Å². The molecular weight excluding hydrogens is 253 g/mol. The lowest BCUT2D eigenvalue weighted by Gasteiger charge is -2.05. The molecule has 1 saturated carbocycles. The first kappa shape index (κ1) is 11.5. The Kier molecular flexibility index (Phi) is 2.95. The van der Waals surface area contributed by atoms with Gasteiger partial charge in [0.2, 0.25) is 0 Å². The molecule has 1 atom stereocenters. The Labute approximate surface area is 102 Å². The van der Waals surface area contributed by atoms with E-state index >= 15 is 0 Å². The van der Waals surface area contributed by atoms with Gasteiger partial charge in [0, 0.05) is 18.1 Å². The van der Waals surface area contributed by atoms with Gasteiger partial charge in [-0.1, -0.05) is 0 Å². The summed E-state index contributed by atoms with van der Waals surface area (Å²) >= 11 is 11.7. The second-order valence-corrected chi connectivity index (χ2v) is 5.27. The minimum absolute atomic E-state index is 0.0443. The van der Waals surface area contributed by atoms with Crippen LogP contribution in [0.3, 0.4) is 0 Å². The first-order chi connectivity index (χ1) is 7.49. The molecule has 0 radical (unpaired) electrons. The maximum atomic E-state index is 10.4. The highest BCUT2D eigenvalue weighted by Crippen LogP contribution is 2.53. The molecule has 0 amide bonds. The van der Waals surface area contributed by atoms with Crippen LogP contribution in [0.25, 0.3) is 0 Å². The molecule has 0 N–H and O–H groups in total. The van der Waals surface area contributed by atoms with Crippen molar-refractivity contribution in [2.24, 2.45) is 5.92 Å². The summed E-state index contributed by atoms with van der Waals surface area (Å²) in [7, 11) is 0.